The molecular weight excluding hydrogens is 458 g/mol. The molecule has 0 saturated heterocycles. The van der Waals surface area contributed by atoms with E-state index in [1.165, 1.54) is 36.4 Å². The van der Waals surface area contributed by atoms with Crippen LogP contribution in [0.1, 0.15) is 11.1 Å². The summed E-state index contributed by atoms with van der Waals surface area (Å²) >= 11 is 18.0. The lowest BCUT2D eigenvalue weighted by atomic mass is 10.2. The molecular formula is C17H9Cl3F3N3O3. The first kappa shape index (κ1) is 21.2. The number of hydrogen-bond donors (Lipinski definition) is 0. The van der Waals surface area contributed by atoms with Gasteiger partial charge in [-0.3, -0.25) is 10.1 Å². The second kappa shape index (κ2) is 8.10. The normalized spacial score (nSPS) is 11.5. The zero-order valence-corrected chi connectivity index (χ0v) is 16.4. The SMILES string of the molecule is O=[N+]([O-])c1ccc(COc2c(C(F)(F)F)cnn2-c2c(Cl)cc(Cl)cc2Cl)cc1. The fourth-order valence-electron chi connectivity index (χ4n) is 2.43. The van der Waals surface area contributed by atoms with Crippen molar-refractivity contribution in [2.24, 2.45) is 0 Å². The number of benzene rings is 2. The first-order valence-electron chi connectivity index (χ1n) is 7.74. The molecule has 3 aromatic rings. The van der Waals surface area contributed by atoms with Crippen molar-refractivity contribution >= 4 is 40.5 Å². The van der Waals surface area contributed by atoms with Crippen molar-refractivity contribution in [2.45, 2.75) is 12.8 Å². The van der Waals surface area contributed by atoms with Crippen molar-refractivity contribution in [3.05, 3.63) is 78.9 Å². The predicted molar refractivity (Wildman–Crippen MR) is 101 cm³/mol. The van der Waals surface area contributed by atoms with Gasteiger partial charge in [0.05, 0.1) is 21.2 Å². The molecule has 0 saturated carbocycles. The molecule has 12 heteroatoms. The fourth-order valence-corrected chi connectivity index (χ4v) is 3.41. The zero-order valence-electron chi connectivity index (χ0n) is 14.1. The molecule has 0 radical (unpaired) electrons. The molecule has 152 valence electrons. The summed E-state index contributed by atoms with van der Waals surface area (Å²) in [7, 11) is 0. The zero-order chi connectivity index (χ0) is 21.3. The molecule has 2 aromatic carbocycles. The van der Waals surface area contributed by atoms with E-state index in [1.807, 2.05) is 0 Å². The van der Waals surface area contributed by atoms with Crippen LogP contribution in [0.4, 0.5) is 18.9 Å². The van der Waals surface area contributed by atoms with Gasteiger partial charge in [0.25, 0.3) is 5.69 Å². The van der Waals surface area contributed by atoms with E-state index in [4.69, 9.17) is 39.5 Å². The summed E-state index contributed by atoms with van der Waals surface area (Å²) in [6, 6.07) is 7.78. The Kier molecular flexibility index (Phi) is 5.92. The highest BCUT2D eigenvalue weighted by Gasteiger charge is 2.38. The summed E-state index contributed by atoms with van der Waals surface area (Å²) < 4.78 is 46.4. The Morgan fingerprint density at radius 1 is 1.10 bits per heavy atom. The highest BCUT2D eigenvalue weighted by Crippen LogP contribution is 2.41. The van der Waals surface area contributed by atoms with Crippen LogP contribution in [-0.2, 0) is 12.8 Å². The van der Waals surface area contributed by atoms with Gasteiger partial charge in [0.2, 0.25) is 5.88 Å². The Bertz CT molecular complexity index is 1050. The number of nitrogens with zero attached hydrogens (tertiary/aromatic N) is 3. The number of non-ortho nitro benzene ring substituents is 1. The third-order valence-corrected chi connectivity index (χ3v) is 4.54. The number of alkyl halides is 3. The van der Waals surface area contributed by atoms with Crippen LogP contribution >= 0.6 is 34.8 Å². The van der Waals surface area contributed by atoms with Crippen LogP contribution in [-0.4, -0.2) is 14.7 Å². The first-order chi connectivity index (χ1) is 13.6. The molecule has 0 N–H and O–H groups in total. The van der Waals surface area contributed by atoms with Crippen LogP contribution in [0.15, 0.2) is 42.6 Å². The molecule has 1 aromatic heterocycles. The molecule has 0 fully saturated rings. The molecule has 0 amide bonds. The van der Waals surface area contributed by atoms with Gasteiger partial charge in [-0.05, 0) is 29.8 Å². The summed E-state index contributed by atoms with van der Waals surface area (Å²) in [5.74, 6) is -0.637. The number of nitro groups is 1. The average molecular weight is 467 g/mol. The Morgan fingerprint density at radius 2 is 1.69 bits per heavy atom. The van der Waals surface area contributed by atoms with Gasteiger partial charge in [0.15, 0.2) is 0 Å². The standard InChI is InChI=1S/C17H9Cl3F3N3O3/c18-10-5-13(19)15(14(20)6-10)25-16(12(7-24-25)17(21,22)23)29-8-9-1-3-11(4-2-9)26(27)28/h1-7H,8H2. The molecule has 1 heterocycles. The van der Waals surface area contributed by atoms with Gasteiger partial charge in [0, 0.05) is 17.2 Å². The lowest BCUT2D eigenvalue weighted by Crippen LogP contribution is -2.10. The maximum Gasteiger partial charge on any atom is 0.423 e. The molecule has 6 nitrogen and oxygen atoms in total. The molecule has 3 rings (SSSR count). The quantitative estimate of drug-likeness (QED) is 0.325. The number of hydrogen-bond acceptors (Lipinski definition) is 4. The van der Waals surface area contributed by atoms with Gasteiger partial charge >= 0.3 is 6.18 Å². The third-order valence-electron chi connectivity index (χ3n) is 3.75. The Morgan fingerprint density at radius 3 is 2.21 bits per heavy atom. The van der Waals surface area contributed by atoms with Crippen LogP contribution in [0.5, 0.6) is 5.88 Å². The average Bonchev–Trinajstić information content (AvgIpc) is 3.03. The maximum absolute atomic E-state index is 13.4. The van der Waals surface area contributed by atoms with Gasteiger partial charge in [-0.1, -0.05) is 34.8 Å². The summed E-state index contributed by atoms with van der Waals surface area (Å²) in [5, 5.41) is 14.6. The van der Waals surface area contributed by atoms with E-state index in [0.717, 1.165) is 4.68 Å². The van der Waals surface area contributed by atoms with Gasteiger partial charge < -0.3 is 4.74 Å². The summed E-state index contributed by atoms with van der Waals surface area (Å²) in [6.45, 7) is -0.310. The van der Waals surface area contributed by atoms with E-state index in [2.05, 4.69) is 5.10 Å². The predicted octanol–water partition coefficient (Wildman–Crippen LogP) is 6.34. The lowest BCUT2D eigenvalue weighted by molar-refractivity contribution is -0.384. The Balaban J connectivity index is 2.01. The molecule has 0 aliphatic carbocycles. The van der Waals surface area contributed by atoms with Gasteiger partial charge in [-0.2, -0.15) is 23.0 Å². The van der Waals surface area contributed by atoms with Crippen LogP contribution < -0.4 is 4.74 Å². The smallest absolute Gasteiger partial charge is 0.423 e. The summed E-state index contributed by atoms with van der Waals surface area (Å²) in [4.78, 5) is 10.1. The van der Waals surface area contributed by atoms with Crippen molar-refractivity contribution in [1.29, 1.82) is 0 Å². The topological polar surface area (TPSA) is 70.2 Å². The van der Waals surface area contributed by atoms with Gasteiger partial charge in [-0.25, -0.2) is 0 Å². The molecule has 29 heavy (non-hydrogen) atoms. The van der Waals surface area contributed by atoms with Crippen LogP contribution in [0.3, 0.4) is 0 Å². The maximum atomic E-state index is 13.4. The minimum Gasteiger partial charge on any atom is -0.472 e. The van der Waals surface area contributed by atoms with Gasteiger partial charge in [0.1, 0.15) is 17.9 Å². The largest absolute Gasteiger partial charge is 0.472 e. The van der Waals surface area contributed by atoms with Crippen molar-refractivity contribution in [2.75, 3.05) is 0 Å². The van der Waals surface area contributed by atoms with Crippen molar-refractivity contribution in [1.82, 2.24) is 9.78 Å². The molecule has 0 aliphatic heterocycles. The van der Waals surface area contributed by atoms with Crippen LogP contribution in [0.25, 0.3) is 5.69 Å². The number of ether oxygens (including phenoxy) is 1. The van der Waals surface area contributed by atoms with Gasteiger partial charge in [-0.15, -0.1) is 0 Å². The minimum absolute atomic E-state index is 0.0282. The monoisotopic (exact) mass is 465 g/mol. The van der Waals surface area contributed by atoms with E-state index in [9.17, 15) is 23.3 Å². The second-order valence-electron chi connectivity index (χ2n) is 5.70. The van der Waals surface area contributed by atoms with Crippen LogP contribution in [0, 0.1) is 10.1 Å². The molecule has 0 bridgehead atoms. The molecule has 0 unspecified atom stereocenters. The Hall–Kier alpha value is -2.49. The molecule has 0 spiro atoms. The van der Waals surface area contributed by atoms with Crippen LogP contribution in [0.2, 0.25) is 15.1 Å². The number of halogens is 6. The molecule has 0 aliphatic rings. The molecule has 0 atom stereocenters. The Labute approximate surface area is 176 Å². The number of rotatable bonds is 5. The highest BCUT2D eigenvalue weighted by molar-refractivity contribution is 6.40. The second-order valence-corrected chi connectivity index (χ2v) is 6.95. The van der Waals surface area contributed by atoms with E-state index in [-0.39, 0.29) is 33.0 Å². The van der Waals surface area contributed by atoms with E-state index < -0.39 is 22.5 Å². The third kappa shape index (κ3) is 4.58. The fraction of sp³-hybridized carbons (Fsp3) is 0.118. The van der Waals surface area contributed by atoms with E-state index >= 15 is 0 Å². The van der Waals surface area contributed by atoms with Crippen molar-refractivity contribution in [3.8, 4) is 11.6 Å². The number of nitro benzene ring substituents is 1. The van der Waals surface area contributed by atoms with Crippen molar-refractivity contribution in [3.63, 3.8) is 0 Å². The van der Waals surface area contributed by atoms with E-state index in [1.54, 1.807) is 0 Å². The minimum atomic E-state index is -4.76. The summed E-state index contributed by atoms with van der Waals surface area (Å²) in [5.41, 5.74) is -0.923. The van der Waals surface area contributed by atoms with E-state index in [0.29, 0.717) is 11.8 Å². The van der Waals surface area contributed by atoms with Crippen molar-refractivity contribution < 1.29 is 22.8 Å². The summed E-state index contributed by atoms with van der Waals surface area (Å²) in [6.07, 6.45) is -4.17. The highest BCUT2D eigenvalue weighted by atomic mass is 35.5. The lowest BCUT2D eigenvalue weighted by Gasteiger charge is -2.15. The first-order valence-corrected chi connectivity index (χ1v) is 8.87. The number of aromatic nitrogens is 2.